The van der Waals surface area contributed by atoms with Gasteiger partial charge in [0.2, 0.25) is 5.91 Å². The molecule has 4 rings (SSSR count). The van der Waals surface area contributed by atoms with E-state index in [1.54, 1.807) is 48.7 Å². The van der Waals surface area contributed by atoms with E-state index in [1.807, 2.05) is 19.1 Å². The summed E-state index contributed by atoms with van der Waals surface area (Å²) in [5, 5.41) is 3.63. The van der Waals surface area contributed by atoms with Crippen LogP contribution < -0.4 is 26.4 Å². The minimum absolute atomic E-state index is 0.0187. The number of anilines is 2. The number of carbonyl (C=O) groups is 3. The highest BCUT2D eigenvalue weighted by Crippen LogP contribution is 2.34. The van der Waals surface area contributed by atoms with Crippen molar-refractivity contribution in [2.75, 3.05) is 37.5 Å². The molecular formula is C27H28N6O5S. The van der Waals surface area contributed by atoms with Crippen molar-refractivity contribution < 1.29 is 23.9 Å². The van der Waals surface area contributed by atoms with Gasteiger partial charge in [0, 0.05) is 30.9 Å². The maximum absolute atomic E-state index is 14.1. The van der Waals surface area contributed by atoms with Crippen LogP contribution in [0.3, 0.4) is 0 Å². The maximum Gasteiger partial charge on any atom is 0.273 e. The zero-order valence-corrected chi connectivity index (χ0v) is 22.2. The summed E-state index contributed by atoms with van der Waals surface area (Å²) in [4.78, 5) is 45.4. The van der Waals surface area contributed by atoms with E-state index in [0.29, 0.717) is 23.6 Å². The summed E-state index contributed by atoms with van der Waals surface area (Å²) < 4.78 is 14.6. The summed E-state index contributed by atoms with van der Waals surface area (Å²) in [5.74, 6) is -1.33. The second-order valence-electron chi connectivity index (χ2n) is 8.38. The van der Waals surface area contributed by atoms with Crippen LogP contribution in [-0.2, 0) is 9.53 Å². The Morgan fingerprint density at radius 1 is 1.13 bits per heavy atom. The van der Waals surface area contributed by atoms with Crippen molar-refractivity contribution >= 4 is 51.5 Å². The van der Waals surface area contributed by atoms with Crippen LogP contribution in [0.15, 0.2) is 60.8 Å². The molecule has 5 N–H and O–H groups in total. The fourth-order valence-electron chi connectivity index (χ4n) is 4.05. The molecule has 39 heavy (non-hydrogen) atoms. The Labute approximate surface area is 228 Å². The molecule has 4 aromatic rings. The van der Waals surface area contributed by atoms with Gasteiger partial charge in [-0.05, 0) is 66.5 Å². The fraction of sp³-hybridized carbons (Fsp3) is 0.222. The van der Waals surface area contributed by atoms with Crippen LogP contribution in [0, 0.1) is 0 Å². The average molecular weight is 549 g/mol. The van der Waals surface area contributed by atoms with Crippen molar-refractivity contribution in [1.82, 2.24) is 14.7 Å². The van der Waals surface area contributed by atoms with E-state index in [9.17, 15) is 14.4 Å². The fourth-order valence-corrected chi connectivity index (χ4v) is 4.79. The monoisotopic (exact) mass is 548 g/mol. The molecule has 2 aromatic heterocycles. The van der Waals surface area contributed by atoms with Crippen molar-refractivity contribution in [2.45, 2.75) is 13.0 Å². The molecule has 0 saturated heterocycles. The topological polar surface area (TPSA) is 163 Å². The second-order valence-corrected chi connectivity index (χ2v) is 9.16. The zero-order chi connectivity index (χ0) is 27.9. The van der Waals surface area contributed by atoms with Crippen molar-refractivity contribution in [1.29, 1.82) is 0 Å². The third kappa shape index (κ3) is 5.97. The second kappa shape index (κ2) is 12.3. The Bertz CT molecular complexity index is 1490. The summed E-state index contributed by atoms with van der Waals surface area (Å²) >= 11 is 0.742. The molecule has 1 atom stereocenters. The number of aromatic nitrogens is 2. The number of nitrogens with one attached hydrogen (secondary N) is 1. The number of nitrogens with zero attached hydrogens (tertiary/aromatic N) is 3. The number of ether oxygens (including phenoxy) is 2. The number of nitrogens with two attached hydrogens (primary N) is 2. The van der Waals surface area contributed by atoms with Crippen molar-refractivity contribution in [3.63, 3.8) is 0 Å². The van der Waals surface area contributed by atoms with Gasteiger partial charge in [-0.2, -0.15) is 4.37 Å². The van der Waals surface area contributed by atoms with Gasteiger partial charge in [-0.3, -0.25) is 24.3 Å². The number of pyridine rings is 1. The van der Waals surface area contributed by atoms with Crippen molar-refractivity contribution in [3.8, 4) is 5.75 Å². The lowest BCUT2D eigenvalue weighted by Crippen LogP contribution is -2.44. The minimum atomic E-state index is -1.13. The summed E-state index contributed by atoms with van der Waals surface area (Å²) in [5.41, 5.74) is 12.8. The molecule has 2 aromatic carbocycles. The molecule has 0 unspecified atom stereocenters. The van der Waals surface area contributed by atoms with Crippen LogP contribution in [0.1, 0.15) is 38.7 Å². The summed E-state index contributed by atoms with van der Waals surface area (Å²) in [6.07, 6.45) is 1.68. The summed E-state index contributed by atoms with van der Waals surface area (Å²) in [6.45, 7) is 2.83. The van der Waals surface area contributed by atoms with E-state index in [-0.39, 0.29) is 29.4 Å². The third-order valence-electron chi connectivity index (χ3n) is 5.86. The van der Waals surface area contributed by atoms with Gasteiger partial charge < -0.3 is 26.3 Å². The highest BCUT2D eigenvalue weighted by Gasteiger charge is 2.36. The van der Waals surface area contributed by atoms with E-state index in [4.69, 9.17) is 20.9 Å². The number of fused-ring (bicyclic) bond motifs is 1. The molecule has 12 heteroatoms. The van der Waals surface area contributed by atoms with Gasteiger partial charge in [-0.25, -0.2) is 0 Å². The molecule has 0 bridgehead atoms. The number of hydrogen-bond acceptors (Lipinski definition) is 9. The molecule has 3 amide bonds. The number of primary amides is 1. The molecule has 0 fully saturated rings. The van der Waals surface area contributed by atoms with Crippen molar-refractivity contribution in [2.24, 2.45) is 5.73 Å². The van der Waals surface area contributed by atoms with E-state index in [1.165, 1.54) is 12.0 Å². The predicted molar refractivity (Wildman–Crippen MR) is 149 cm³/mol. The SMILES string of the molecule is CCOc1ccc(N(C(=O)c2snc(C(N)=O)c2N)[C@H](C(=O)NCCOC)c2ccc3ncccc3c2)cc1. The van der Waals surface area contributed by atoms with Gasteiger partial charge in [0.05, 0.1) is 24.4 Å². The Morgan fingerprint density at radius 3 is 2.56 bits per heavy atom. The van der Waals surface area contributed by atoms with Gasteiger partial charge in [0.15, 0.2) is 5.69 Å². The van der Waals surface area contributed by atoms with Gasteiger partial charge in [0.1, 0.15) is 16.7 Å². The molecule has 0 aliphatic carbocycles. The number of methoxy groups -OCH3 is 1. The van der Waals surface area contributed by atoms with Crippen LogP contribution in [0.4, 0.5) is 11.4 Å². The Balaban J connectivity index is 1.89. The minimum Gasteiger partial charge on any atom is -0.494 e. The molecule has 202 valence electrons. The van der Waals surface area contributed by atoms with Crippen LogP contribution in [0.25, 0.3) is 10.9 Å². The lowest BCUT2D eigenvalue weighted by atomic mass is 10.00. The number of nitrogen functional groups attached to an aromatic ring is 1. The molecule has 0 saturated carbocycles. The lowest BCUT2D eigenvalue weighted by molar-refractivity contribution is -0.122. The van der Waals surface area contributed by atoms with Gasteiger partial charge in [0.25, 0.3) is 11.8 Å². The zero-order valence-electron chi connectivity index (χ0n) is 21.4. The number of benzene rings is 2. The summed E-state index contributed by atoms with van der Waals surface area (Å²) in [6, 6.07) is 14.6. The average Bonchev–Trinajstić information content (AvgIpc) is 3.33. The quantitative estimate of drug-likeness (QED) is 0.241. The van der Waals surface area contributed by atoms with Crippen LogP contribution in [0.5, 0.6) is 5.75 Å². The van der Waals surface area contributed by atoms with E-state index in [0.717, 1.165) is 22.4 Å². The molecular weight excluding hydrogens is 520 g/mol. The van der Waals surface area contributed by atoms with Gasteiger partial charge >= 0.3 is 0 Å². The van der Waals surface area contributed by atoms with Crippen LogP contribution in [0.2, 0.25) is 0 Å². The first-order valence-corrected chi connectivity index (χ1v) is 12.9. The number of hydrogen-bond donors (Lipinski definition) is 3. The number of amides is 3. The number of rotatable bonds is 11. The standard InChI is InChI=1S/C27H28N6O5S/c1-3-38-19-9-7-18(8-10-19)33(27(36)24-21(28)22(25(29)34)32-39-24)23(26(35)31-13-14-37-2)17-6-11-20-16(15-17)5-4-12-30-20/h4-12,15,23H,3,13-14,28H2,1-2H3,(H2,29,34)(H,31,35)/t23-/m0/s1. The Hall–Kier alpha value is -4.55. The molecule has 0 radical (unpaired) electrons. The Kier molecular flexibility index (Phi) is 8.69. The van der Waals surface area contributed by atoms with Gasteiger partial charge in [-0.1, -0.05) is 12.1 Å². The van der Waals surface area contributed by atoms with Crippen LogP contribution >= 0.6 is 11.5 Å². The molecule has 0 aliphatic rings. The first-order valence-electron chi connectivity index (χ1n) is 12.1. The molecule has 0 aliphatic heterocycles. The first-order chi connectivity index (χ1) is 18.8. The number of carbonyl (C=O) groups excluding carboxylic acids is 3. The normalized spacial score (nSPS) is 11.6. The van der Waals surface area contributed by atoms with Crippen molar-refractivity contribution in [3.05, 3.63) is 76.9 Å². The predicted octanol–water partition coefficient (Wildman–Crippen LogP) is 2.92. The third-order valence-corrected chi connectivity index (χ3v) is 6.71. The lowest BCUT2D eigenvalue weighted by Gasteiger charge is -2.31. The molecule has 2 heterocycles. The van der Waals surface area contributed by atoms with Gasteiger partial charge in [-0.15, -0.1) is 0 Å². The summed E-state index contributed by atoms with van der Waals surface area (Å²) in [7, 11) is 1.53. The highest BCUT2D eigenvalue weighted by atomic mass is 32.1. The smallest absolute Gasteiger partial charge is 0.273 e. The molecule has 0 spiro atoms. The first kappa shape index (κ1) is 27.5. The van der Waals surface area contributed by atoms with Crippen LogP contribution in [-0.4, -0.2) is 53.9 Å². The van der Waals surface area contributed by atoms with E-state index in [2.05, 4.69) is 14.7 Å². The highest BCUT2D eigenvalue weighted by molar-refractivity contribution is 7.09. The maximum atomic E-state index is 14.1. The Morgan fingerprint density at radius 2 is 1.90 bits per heavy atom. The van der Waals surface area contributed by atoms with E-state index >= 15 is 0 Å². The van der Waals surface area contributed by atoms with E-state index < -0.39 is 23.8 Å². The largest absolute Gasteiger partial charge is 0.494 e. The molecule has 11 nitrogen and oxygen atoms in total.